The molecule has 5 nitrogen and oxygen atoms in total. The van der Waals surface area contributed by atoms with E-state index < -0.39 is 0 Å². The zero-order chi connectivity index (χ0) is 19.4. The number of hydrogen-bond donors (Lipinski definition) is 2. The summed E-state index contributed by atoms with van der Waals surface area (Å²) in [5, 5.41) is 9.14. The fraction of sp³-hybridized carbons (Fsp3) is 0.130. The maximum absolute atomic E-state index is 12.8. The molecule has 0 radical (unpaired) electrons. The predicted molar refractivity (Wildman–Crippen MR) is 113 cm³/mol. The highest BCUT2D eigenvalue weighted by Gasteiger charge is 2.34. The van der Waals surface area contributed by atoms with Gasteiger partial charge in [0, 0.05) is 35.3 Å². The lowest BCUT2D eigenvalue weighted by Crippen LogP contribution is -2.20. The van der Waals surface area contributed by atoms with E-state index in [1.54, 1.807) is 0 Å². The fourth-order valence-electron chi connectivity index (χ4n) is 4.37. The number of rotatable bonds is 3. The first-order chi connectivity index (χ1) is 13.7. The Kier molecular flexibility index (Phi) is 3.52. The lowest BCUT2D eigenvalue weighted by Gasteiger charge is -2.10. The van der Waals surface area contributed by atoms with Crippen molar-refractivity contribution in [2.45, 2.75) is 13.5 Å². The molecular weight excluding hydrogens is 350 g/mol. The molecule has 2 N–H and O–H groups in total. The molecule has 0 saturated heterocycles. The minimum absolute atomic E-state index is 0.318. The van der Waals surface area contributed by atoms with Crippen molar-refractivity contribution in [3.05, 3.63) is 65.4 Å². The Morgan fingerprint density at radius 3 is 2.57 bits per heavy atom. The summed E-state index contributed by atoms with van der Waals surface area (Å²) in [5.41, 5.74) is 4.01. The monoisotopic (exact) mass is 369 g/mol. The number of carbonyl (C=O) groups is 2. The number of nitrogens with one attached hydrogen (secondary N) is 2. The highest BCUT2D eigenvalue weighted by Crippen LogP contribution is 2.41. The molecule has 3 aromatic carbocycles. The first-order valence-electron chi connectivity index (χ1n) is 9.35. The highest BCUT2D eigenvalue weighted by molar-refractivity contribution is 6.37. The molecule has 5 rings (SSSR count). The molecule has 0 atom stereocenters. The Morgan fingerprint density at radius 2 is 1.79 bits per heavy atom. The van der Waals surface area contributed by atoms with Gasteiger partial charge >= 0.3 is 0 Å². The van der Waals surface area contributed by atoms with Gasteiger partial charge in [0.05, 0.1) is 16.6 Å². The predicted octanol–water partition coefficient (Wildman–Crippen LogP) is 4.04. The van der Waals surface area contributed by atoms with Crippen LogP contribution in [-0.2, 0) is 6.54 Å². The van der Waals surface area contributed by atoms with E-state index in [1.807, 2.05) is 55.7 Å². The van der Waals surface area contributed by atoms with Crippen molar-refractivity contribution in [3.8, 4) is 0 Å². The van der Waals surface area contributed by atoms with Gasteiger partial charge in [-0.3, -0.25) is 14.9 Å². The Balaban J connectivity index is 2.06. The quantitative estimate of drug-likeness (QED) is 0.536. The Hall–Kier alpha value is -3.60. The molecule has 0 bridgehead atoms. The van der Waals surface area contributed by atoms with Crippen LogP contribution in [0, 0.1) is 0 Å². The van der Waals surface area contributed by atoms with Gasteiger partial charge in [-0.1, -0.05) is 30.3 Å². The summed E-state index contributed by atoms with van der Waals surface area (Å²) < 4.78 is 2.23. The van der Waals surface area contributed by atoms with E-state index in [2.05, 4.69) is 28.2 Å². The maximum Gasteiger partial charge on any atom is 0.259 e. The number of para-hydroxylation sites is 1. The number of nitrogens with zero attached hydrogens (tertiary/aromatic N) is 1. The van der Waals surface area contributed by atoms with Gasteiger partial charge in [0.15, 0.2) is 0 Å². The van der Waals surface area contributed by atoms with Gasteiger partial charge in [-0.05, 0) is 42.3 Å². The van der Waals surface area contributed by atoms with E-state index in [9.17, 15) is 9.59 Å². The lowest BCUT2D eigenvalue weighted by atomic mass is 9.93. The SMILES string of the molecule is CCn1c2ccccc2c2c3c(c4cc(/C=C\NC)ccc4c21)C(=O)NC3=O. The summed E-state index contributed by atoms with van der Waals surface area (Å²) in [6, 6.07) is 14.1. The molecule has 5 heteroatoms. The maximum atomic E-state index is 12.8. The van der Waals surface area contributed by atoms with Crippen molar-refractivity contribution >= 4 is 50.5 Å². The van der Waals surface area contributed by atoms with E-state index >= 15 is 0 Å². The molecular formula is C23H19N3O2. The van der Waals surface area contributed by atoms with Gasteiger partial charge in [0.1, 0.15) is 0 Å². The molecule has 2 heterocycles. The summed E-state index contributed by atoms with van der Waals surface area (Å²) in [6.07, 6.45) is 3.79. The molecule has 4 aromatic rings. The molecule has 0 aliphatic carbocycles. The van der Waals surface area contributed by atoms with Crippen molar-refractivity contribution in [2.75, 3.05) is 7.05 Å². The first kappa shape index (κ1) is 16.6. The largest absolute Gasteiger partial charge is 0.394 e. The van der Waals surface area contributed by atoms with Gasteiger partial charge in [0.25, 0.3) is 11.8 Å². The van der Waals surface area contributed by atoms with Crippen molar-refractivity contribution < 1.29 is 9.59 Å². The third-order valence-corrected chi connectivity index (χ3v) is 5.48. The van der Waals surface area contributed by atoms with Crippen molar-refractivity contribution in [3.63, 3.8) is 0 Å². The summed E-state index contributed by atoms with van der Waals surface area (Å²) >= 11 is 0. The summed E-state index contributed by atoms with van der Waals surface area (Å²) in [5.74, 6) is -0.642. The van der Waals surface area contributed by atoms with Crippen LogP contribution in [-0.4, -0.2) is 23.4 Å². The van der Waals surface area contributed by atoms with Gasteiger partial charge < -0.3 is 9.88 Å². The van der Waals surface area contributed by atoms with Crippen LogP contribution in [0.2, 0.25) is 0 Å². The molecule has 0 spiro atoms. The number of aryl methyl sites for hydroxylation is 1. The van der Waals surface area contributed by atoms with Gasteiger partial charge in [0.2, 0.25) is 0 Å². The van der Waals surface area contributed by atoms with Crippen LogP contribution in [0.3, 0.4) is 0 Å². The van der Waals surface area contributed by atoms with E-state index in [1.165, 1.54) is 0 Å². The molecule has 1 aliphatic rings. The summed E-state index contributed by atoms with van der Waals surface area (Å²) in [6.45, 7) is 2.87. The van der Waals surface area contributed by atoms with Gasteiger partial charge in [-0.15, -0.1) is 0 Å². The van der Waals surface area contributed by atoms with Crippen LogP contribution < -0.4 is 10.6 Å². The van der Waals surface area contributed by atoms with E-state index in [0.717, 1.165) is 44.7 Å². The average Bonchev–Trinajstić information content (AvgIpc) is 3.20. The Morgan fingerprint density at radius 1 is 1.00 bits per heavy atom. The first-order valence-corrected chi connectivity index (χ1v) is 9.35. The number of aromatic nitrogens is 1. The third kappa shape index (κ3) is 2.07. The average molecular weight is 369 g/mol. The van der Waals surface area contributed by atoms with Crippen LogP contribution in [0.1, 0.15) is 33.2 Å². The molecule has 28 heavy (non-hydrogen) atoms. The van der Waals surface area contributed by atoms with Crippen LogP contribution in [0.15, 0.2) is 48.7 Å². The number of imide groups is 1. The van der Waals surface area contributed by atoms with Gasteiger partial charge in [-0.25, -0.2) is 0 Å². The summed E-state index contributed by atoms with van der Waals surface area (Å²) in [4.78, 5) is 25.5. The molecule has 2 amide bonds. The van der Waals surface area contributed by atoms with Crippen molar-refractivity contribution in [1.82, 2.24) is 15.2 Å². The molecule has 0 saturated carbocycles. The van der Waals surface area contributed by atoms with E-state index in [0.29, 0.717) is 11.1 Å². The molecule has 138 valence electrons. The topological polar surface area (TPSA) is 63.1 Å². The number of amides is 2. The van der Waals surface area contributed by atoms with Gasteiger partial charge in [-0.2, -0.15) is 0 Å². The third-order valence-electron chi connectivity index (χ3n) is 5.48. The zero-order valence-corrected chi connectivity index (χ0v) is 15.7. The number of benzene rings is 3. The van der Waals surface area contributed by atoms with E-state index in [4.69, 9.17) is 0 Å². The highest BCUT2D eigenvalue weighted by atomic mass is 16.2. The Bertz CT molecular complexity index is 1340. The second-order valence-electron chi connectivity index (χ2n) is 6.95. The van der Waals surface area contributed by atoms with Crippen molar-refractivity contribution in [1.29, 1.82) is 0 Å². The van der Waals surface area contributed by atoms with E-state index in [-0.39, 0.29) is 11.8 Å². The van der Waals surface area contributed by atoms with Crippen LogP contribution in [0.4, 0.5) is 0 Å². The fourth-order valence-corrected chi connectivity index (χ4v) is 4.37. The second-order valence-corrected chi connectivity index (χ2v) is 6.95. The number of hydrogen-bond acceptors (Lipinski definition) is 3. The normalized spacial score (nSPS) is 13.8. The van der Waals surface area contributed by atoms with Crippen LogP contribution >= 0.6 is 0 Å². The van der Waals surface area contributed by atoms with Crippen molar-refractivity contribution in [2.24, 2.45) is 0 Å². The Labute approximate surface area is 161 Å². The minimum Gasteiger partial charge on any atom is -0.394 e. The number of carbonyl (C=O) groups excluding carboxylic acids is 2. The molecule has 1 aromatic heterocycles. The zero-order valence-electron chi connectivity index (χ0n) is 15.7. The smallest absolute Gasteiger partial charge is 0.259 e. The minimum atomic E-state index is -0.324. The molecule has 0 fully saturated rings. The molecule has 0 unspecified atom stereocenters. The standard InChI is InChI=1S/C23H19N3O2/c1-3-26-17-7-5-4-6-15(17)18-20-19(22(27)25-23(20)28)16-12-13(10-11-24-2)8-9-14(16)21(18)26/h4-12,24H,3H2,1-2H3,(H,25,27,28)/b11-10-. The van der Waals surface area contributed by atoms with Crippen LogP contribution in [0.5, 0.6) is 0 Å². The number of fused-ring (bicyclic) bond motifs is 8. The molecule has 1 aliphatic heterocycles. The summed E-state index contributed by atoms with van der Waals surface area (Å²) in [7, 11) is 1.84. The second kappa shape index (κ2) is 5.96. The lowest BCUT2D eigenvalue weighted by molar-refractivity contribution is 0.0880. The van der Waals surface area contributed by atoms with Crippen LogP contribution in [0.25, 0.3) is 38.7 Å².